The third-order valence-corrected chi connectivity index (χ3v) is 10.9. The molecule has 1 aromatic rings. The van der Waals surface area contributed by atoms with Crippen molar-refractivity contribution in [2.75, 3.05) is 232 Å². The summed E-state index contributed by atoms with van der Waals surface area (Å²) in [6.45, 7) is 12.5. The Morgan fingerprint density at radius 2 is 0.817 bits per heavy atom. The zero-order valence-electron chi connectivity index (χ0n) is 47.9. The minimum absolute atomic E-state index is 0.0103. The third-order valence-electron chi connectivity index (χ3n) is 10.9. The van der Waals surface area contributed by atoms with Crippen LogP contribution >= 0.6 is 0 Å². The molecule has 0 saturated heterocycles. The number of carbonyl (C=O) groups excluding carboxylic acids is 5. The lowest BCUT2D eigenvalue weighted by atomic mass is 9.99. The predicted molar refractivity (Wildman–Crippen MR) is 292 cm³/mol. The summed E-state index contributed by atoms with van der Waals surface area (Å²) in [5, 5.41) is 14.4. The maximum absolute atomic E-state index is 13.4. The number of amides is 4. The fourth-order valence-electron chi connectivity index (χ4n) is 6.72. The van der Waals surface area contributed by atoms with Crippen molar-refractivity contribution >= 4 is 35.4 Å². The van der Waals surface area contributed by atoms with E-state index in [1.165, 1.54) is 12.2 Å². The summed E-state index contributed by atoms with van der Waals surface area (Å²) >= 11 is 0. The van der Waals surface area contributed by atoms with Gasteiger partial charge in [-0.1, -0.05) is 12.1 Å². The lowest BCUT2D eigenvalue weighted by molar-refractivity contribution is -0.140. The standard InChI is InChI=1S/C55H91N3O24/c1-66-17-18-70-25-26-74-31-32-76-35-36-78-39-40-80-43-44-81-42-41-79-38-37-77-34-33-75-30-27-71-22-19-67-14-2-3-50(59)49(45-47-4-6-48(7-5-47)82-46-55(64)65)57-52(61)11-15-68-20-23-72-28-29-73-24-21-69-16-12-56-51(60)10-13-58-53(62)8-9-54(58)63/h4-9,49H,2-3,10-46H2,1H3,(H,56,60)(H,57,61)(H,64,65)/t49-/m0/s1. The number of ketones is 1. The molecule has 3 N–H and O–H groups in total. The molecule has 470 valence electrons. The van der Waals surface area contributed by atoms with E-state index in [0.717, 1.165) is 10.5 Å². The van der Waals surface area contributed by atoms with Crippen LogP contribution in [0.2, 0.25) is 0 Å². The van der Waals surface area contributed by atoms with Gasteiger partial charge in [-0.25, -0.2) is 4.79 Å². The number of benzene rings is 1. The largest absolute Gasteiger partial charge is 0.482 e. The highest BCUT2D eigenvalue weighted by atomic mass is 16.6. The Kier molecular flexibility index (Phi) is 48.6. The maximum Gasteiger partial charge on any atom is 0.341 e. The Bertz CT molecular complexity index is 1780. The summed E-state index contributed by atoms with van der Waals surface area (Å²) < 4.78 is 92.5. The summed E-state index contributed by atoms with van der Waals surface area (Å²) in [4.78, 5) is 73.2. The maximum atomic E-state index is 13.4. The van der Waals surface area contributed by atoms with Crippen molar-refractivity contribution in [3.05, 3.63) is 42.0 Å². The zero-order valence-corrected chi connectivity index (χ0v) is 47.9. The van der Waals surface area contributed by atoms with Crippen molar-refractivity contribution in [3.8, 4) is 5.75 Å². The number of hydrogen-bond donors (Lipinski definition) is 3. The molecule has 2 rings (SSSR count). The number of carboxylic acid groups (broad SMARTS) is 1. The Morgan fingerprint density at radius 1 is 0.451 bits per heavy atom. The van der Waals surface area contributed by atoms with Crippen molar-refractivity contribution < 1.29 is 114 Å². The van der Waals surface area contributed by atoms with Crippen molar-refractivity contribution in [1.82, 2.24) is 15.5 Å². The van der Waals surface area contributed by atoms with Gasteiger partial charge in [-0.3, -0.25) is 28.9 Å². The molecule has 27 heteroatoms. The second-order valence-corrected chi connectivity index (χ2v) is 17.4. The SMILES string of the molecule is COCCOCCOCCOCCOCCOCCOCCOCCOCCOCCOCCOCCCC(=O)[C@H](Cc1ccc(OCC(=O)O)cc1)NC(=O)CCOCCOCCOCCOCCNC(=O)CCN1C(=O)C=CC1=O. The molecule has 1 heterocycles. The molecule has 0 unspecified atom stereocenters. The first-order chi connectivity index (χ1) is 40.2. The van der Waals surface area contributed by atoms with Crippen LogP contribution in [0.15, 0.2) is 36.4 Å². The summed E-state index contributed by atoms with van der Waals surface area (Å²) in [5.41, 5.74) is 0.746. The topological polar surface area (TPSA) is 307 Å². The summed E-state index contributed by atoms with van der Waals surface area (Å²) in [6.07, 6.45) is 3.20. The van der Waals surface area contributed by atoms with Crippen LogP contribution in [0.3, 0.4) is 0 Å². The van der Waals surface area contributed by atoms with Crippen LogP contribution in [0.1, 0.15) is 31.2 Å². The Balaban J connectivity index is 1.40. The first kappa shape index (κ1) is 73.4. The highest BCUT2D eigenvalue weighted by molar-refractivity contribution is 6.13. The van der Waals surface area contributed by atoms with Crippen molar-refractivity contribution in [3.63, 3.8) is 0 Å². The molecule has 1 aliphatic heterocycles. The predicted octanol–water partition coefficient (Wildman–Crippen LogP) is 0.243. The monoisotopic (exact) mass is 1180 g/mol. The molecular formula is C55H91N3O24. The Hall–Kier alpha value is -4.66. The average molecular weight is 1180 g/mol. The number of methoxy groups -OCH3 is 1. The van der Waals surface area contributed by atoms with Gasteiger partial charge in [0, 0.05) is 58.2 Å². The van der Waals surface area contributed by atoms with E-state index in [1.54, 1.807) is 31.4 Å². The van der Waals surface area contributed by atoms with Crippen LogP contribution < -0.4 is 15.4 Å². The summed E-state index contributed by atoms with van der Waals surface area (Å²) in [6, 6.07) is 5.84. The van der Waals surface area contributed by atoms with Gasteiger partial charge >= 0.3 is 5.97 Å². The molecular weight excluding hydrogens is 1090 g/mol. The molecule has 0 radical (unpaired) electrons. The minimum atomic E-state index is -1.10. The van der Waals surface area contributed by atoms with E-state index in [1.807, 2.05) is 0 Å². The van der Waals surface area contributed by atoms with E-state index in [4.69, 9.17) is 85.6 Å². The molecule has 0 aliphatic carbocycles. The van der Waals surface area contributed by atoms with E-state index in [-0.39, 0.29) is 82.8 Å². The number of Topliss-reactive ketones (excluding diaryl/α,β-unsaturated/α-hetero) is 1. The molecule has 1 aromatic carbocycles. The van der Waals surface area contributed by atoms with Gasteiger partial charge < -0.3 is 96.3 Å². The molecule has 4 amide bonds. The smallest absolute Gasteiger partial charge is 0.341 e. The second-order valence-electron chi connectivity index (χ2n) is 17.4. The number of nitrogens with zero attached hydrogens (tertiary/aromatic N) is 1. The van der Waals surface area contributed by atoms with Crippen molar-refractivity contribution in [2.24, 2.45) is 0 Å². The normalized spacial score (nSPS) is 12.6. The first-order valence-corrected chi connectivity index (χ1v) is 27.9. The number of hydrogen-bond acceptors (Lipinski definition) is 23. The van der Waals surface area contributed by atoms with E-state index < -0.39 is 30.4 Å². The molecule has 0 spiro atoms. The number of nitrogens with one attached hydrogen (secondary N) is 2. The first-order valence-electron chi connectivity index (χ1n) is 27.9. The number of ether oxygens (including phenoxy) is 17. The van der Waals surface area contributed by atoms with E-state index >= 15 is 0 Å². The number of carboxylic acids is 1. The van der Waals surface area contributed by atoms with Gasteiger partial charge in [0.05, 0.1) is 204 Å². The van der Waals surface area contributed by atoms with E-state index in [2.05, 4.69) is 10.6 Å². The summed E-state index contributed by atoms with van der Waals surface area (Å²) in [7, 11) is 1.63. The van der Waals surface area contributed by atoms with Gasteiger partial charge in [0.25, 0.3) is 11.8 Å². The molecule has 82 heavy (non-hydrogen) atoms. The number of aliphatic carboxylic acids is 1. The average Bonchev–Trinajstić information content (AvgIpc) is 3.90. The minimum Gasteiger partial charge on any atom is -0.482 e. The fraction of sp³-hybridized carbons (Fsp3) is 0.745. The highest BCUT2D eigenvalue weighted by Crippen LogP contribution is 2.15. The van der Waals surface area contributed by atoms with E-state index in [9.17, 15) is 28.8 Å². The van der Waals surface area contributed by atoms with Crippen molar-refractivity contribution in [1.29, 1.82) is 0 Å². The number of carbonyl (C=O) groups is 6. The van der Waals surface area contributed by atoms with Gasteiger partial charge in [0.1, 0.15) is 5.75 Å². The van der Waals surface area contributed by atoms with Crippen LogP contribution in [0.25, 0.3) is 0 Å². The molecule has 1 atom stereocenters. The lowest BCUT2D eigenvalue weighted by Gasteiger charge is -2.18. The van der Waals surface area contributed by atoms with Gasteiger partial charge in [-0.2, -0.15) is 0 Å². The summed E-state index contributed by atoms with van der Waals surface area (Å²) in [5.74, 6) is -2.41. The molecule has 0 saturated carbocycles. The van der Waals surface area contributed by atoms with Gasteiger partial charge in [-0.05, 0) is 30.5 Å². The number of rotatable bonds is 62. The molecule has 0 aromatic heterocycles. The zero-order chi connectivity index (χ0) is 59.0. The molecule has 1 aliphatic rings. The molecule has 0 bridgehead atoms. The van der Waals surface area contributed by atoms with Crippen LogP contribution in [-0.2, 0) is 111 Å². The van der Waals surface area contributed by atoms with Crippen LogP contribution in [0, 0.1) is 0 Å². The van der Waals surface area contributed by atoms with Crippen LogP contribution in [0.5, 0.6) is 5.75 Å². The van der Waals surface area contributed by atoms with Crippen LogP contribution in [-0.4, -0.2) is 283 Å². The van der Waals surface area contributed by atoms with Crippen LogP contribution in [0.4, 0.5) is 0 Å². The van der Waals surface area contributed by atoms with Gasteiger partial charge in [-0.15, -0.1) is 0 Å². The highest BCUT2D eigenvalue weighted by Gasteiger charge is 2.24. The quantitative estimate of drug-likeness (QED) is 0.0581. The number of imide groups is 1. The van der Waals surface area contributed by atoms with Gasteiger partial charge in [0.2, 0.25) is 11.8 Å². The van der Waals surface area contributed by atoms with Gasteiger partial charge in [0.15, 0.2) is 12.4 Å². The Labute approximate surface area is 481 Å². The lowest BCUT2D eigenvalue weighted by Crippen LogP contribution is -2.42. The third kappa shape index (κ3) is 44.9. The second kappa shape index (κ2) is 54.3. The van der Waals surface area contributed by atoms with E-state index in [0.29, 0.717) is 191 Å². The Morgan fingerprint density at radius 3 is 1.21 bits per heavy atom. The van der Waals surface area contributed by atoms with Crippen molar-refractivity contribution in [2.45, 2.75) is 38.1 Å². The molecule has 0 fully saturated rings. The molecule has 27 nitrogen and oxygen atoms in total. The fourth-order valence-corrected chi connectivity index (χ4v) is 6.72.